The van der Waals surface area contributed by atoms with Crippen molar-refractivity contribution in [3.05, 3.63) is 35.9 Å². The van der Waals surface area contributed by atoms with Crippen LogP contribution in [0.1, 0.15) is 33.3 Å². The largest absolute Gasteiger partial charge is 0.447 e. The van der Waals surface area contributed by atoms with Crippen LogP contribution in [0, 0.1) is 5.41 Å². The molecule has 3 rings (SSSR count). The Kier molecular flexibility index (Phi) is 4.31. The van der Waals surface area contributed by atoms with Crippen molar-refractivity contribution in [2.24, 2.45) is 5.41 Å². The number of ketones is 1. The summed E-state index contributed by atoms with van der Waals surface area (Å²) in [6.45, 7) is 8.08. The van der Waals surface area contributed by atoms with Gasteiger partial charge in [-0.1, -0.05) is 51.1 Å². The summed E-state index contributed by atoms with van der Waals surface area (Å²) in [7, 11) is 0. The zero-order valence-electron chi connectivity index (χ0n) is 15.1. The van der Waals surface area contributed by atoms with E-state index in [0.717, 1.165) is 5.56 Å². The molecule has 2 saturated heterocycles. The molecule has 0 radical (unpaired) electrons. The standard InChI is InChI=1S/C19H24N2O4/c1-12(22)15-16(21-14(19(2,3)4)11-25-18(21)24)17(23)20(15)10-13-8-6-5-7-9-13/h5-9,14-16H,10-11H2,1-4H3/t14-,15-,16+/m1/s1. The molecule has 6 heteroatoms. The molecule has 0 saturated carbocycles. The maximum absolute atomic E-state index is 12.8. The molecule has 1 aromatic rings. The highest BCUT2D eigenvalue weighted by Gasteiger charge is 2.58. The fourth-order valence-electron chi connectivity index (χ4n) is 3.61. The van der Waals surface area contributed by atoms with Crippen LogP contribution in [-0.2, 0) is 20.9 Å². The van der Waals surface area contributed by atoms with Crippen LogP contribution < -0.4 is 0 Å². The minimum Gasteiger partial charge on any atom is -0.447 e. The van der Waals surface area contributed by atoms with Crippen LogP contribution in [0.3, 0.4) is 0 Å². The number of ether oxygens (including phenoxy) is 1. The van der Waals surface area contributed by atoms with Crippen LogP contribution in [0.25, 0.3) is 0 Å². The molecule has 2 fully saturated rings. The summed E-state index contributed by atoms with van der Waals surface area (Å²) < 4.78 is 5.20. The van der Waals surface area contributed by atoms with Gasteiger partial charge in [-0.25, -0.2) is 4.79 Å². The molecule has 2 aliphatic rings. The maximum atomic E-state index is 12.8. The third-order valence-corrected chi connectivity index (χ3v) is 4.99. The molecule has 25 heavy (non-hydrogen) atoms. The van der Waals surface area contributed by atoms with Crippen LogP contribution in [0.15, 0.2) is 30.3 Å². The minimum absolute atomic E-state index is 0.118. The lowest BCUT2D eigenvalue weighted by Crippen LogP contribution is -2.74. The Morgan fingerprint density at radius 3 is 2.40 bits per heavy atom. The van der Waals surface area contributed by atoms with Gasteiger partial charge < -0.3 is 9.64 Å². The first-order valence-electron chi connectivity index (χ1n) is 8.52. The number of cyclic esters (lactones) is 1. The molecule has 0 unspecified atom stereocenters. The number of benzene rings is 1. The second-order valence-corrected chi connectivity index (χ2v) is 7.82. The van der Waals surface area contributed by atoms with E-state index in [2.05, 4.69) is 0 Å². The normalized spacial score (nSPS) is 26.5. The van der Waals surface area contributed by atoms with Gasteiger partial charge in [-0.3, -0.25) is 14.5 Å². The van der Waals surface area contributed by atoms with Gasteiger partial charge in [0.05, 0.1) is 6.04 Å². The highest BCUT2D eigenvalue weighted by Crippen LogP contribution is 2.37. The Labute approximate surface area is 147 Å². The third-order valence-electron chi connectivity index (χ3n) is 4.99. The van der Waals surface area contributed by atoms with Crippen LogP contribution in [-0.4, -0.2) is 52.3 Å². The molecule has 0 bridgehead atoms. The monoisotopic (exact) mass is 344 g/mol. The first kappa shape index (κ1) is 17.5. The van der Waals surface area contributed by atoms with Crippen molar-refractivity contribution in [3.63, 3.8) is 0 Å². The number of amides is 2. The number of β-lactam (4-membered cyclic amide) rings is 1. The van der Waals surface area contributed by atoms with E-state index in [4.69, 9.17) is 4.74 Å². The Morgan fingerprint density at radius 1 is 1.20 bits per heavy atom. The van der Waals surface area contributed by atoms with Crippen molar-refractivity contribution in [1.82, 2.24) is 9.80 Å². The van der Waals surface area contributed by atoms with E-state index in [1.54, 1.807) is 4.90 Å². The zero-order chi connectivity index (χ0) is 18.4. The number of likely N-dealkylation sites (tertiary alicyclic amines) is 1. The fourth-order valence-corrected chi connectivity index (χ4v) is 3.61. The Bertz CT molecular complexity index is 695. The number of carbonyl (C=O) groups excluding carboxylic acids is 3. The molecule has 134 valence electrons. The average molecular weight is 344 g/mol. The molecule has 1 aromatic carbocycles. The van der Waals surface area contributed by atoms with Crippen molar-refractivity contribution >= 4 is 17.8 Å². The van der Waals surface area contributed by atoms with E-state index < -0.39 is 18.2 Å². The SMILES string of the molecule is CC(=O)[C@@H]1[C@H](N2C(=O)OC[C@@H]2C(C)(C)C)C(=O)N1Cc1ccccc1. The van der Waals surface area contributed by atoms with E-state index in [1.807, 2.05) is 51.1 Å². The van der Waals surface area contributed by atoms with E-state index in [9.17, 15) is 14.4 Å². The summed E-state index contributed by atoms with van der Waals surface area (Å²) in [6.07, 6.45) is -0.510. The Morgan fingerprint density at radius 2 is 1.84 bits per heavy atom. The summed E-state index contributed by atoms with van der Waals surface area (Å²) in [6, 6.07) is 7.92. The minimum atomic E-state index is -0.763. The van der Waals surface area contributed by atoms with Crippen molar-refractivity contribution < 1.29 is 19.1 Å². The van der Waals surface area contributed by atoms with Gasteiger partial charge in [0.1, 0.15) is 18.7 Å². The summed E-state index contributed by atoms with van der Waals surface area (Å²) >= 11 is 0. The Hall–Kier alpha value is -2.37. The van der Waals surface area contributed by atoms with E-state index in [-0.39, 0.29) is 29.8 Å². The molecule has 6 nitrogen and oxygen atoms in total. The van der Waals surface area contributed by atoms with Gasteiger partial charge >= 0.3 is 6.09 Å². The second-order valence-electron chi connectivity index (χ2n) is 7.82. The van der Waals surface area contributed by atoms with E-state index in [1.165, 1.54) is 11.8 Å². The molecule has 3 atom stereocenters. The lowest BCUT2D eigenvalue weighted by molar-refractivity contribution is -0.165. The van der Waals surface area contributed by atoms with Gasteiger partial charge in [0.25, 0.3) is 0 Å². The highest BCUT2D eigenvalue weighted by molar-refractivity contribution is 6.03. The lowest BCUT2D eigenvalue weighted by Gasteiger charge is -2.51. The van der Waals surface area contributed by atoms with Gasteiger partial charge in [-0.15, -0.1) is 0 Å². The molecule has 0 spiro atoms. The topological polar surface area (TPSA) is 66.9 Å². The quantitative estimate of drug-likeness (QED) is 0.786. The zero-order valence-corrected chi connectivity index (χ0v) is 15.1. The smallest absolute Gasteiger partial charge is 0.411 e. The molecule has 0 aromatic heterocycles. The van der Waals surface area contributed by atoms with Gasteiger partial charge in [0.15, 0.2) is 5.78 Å². The van der Waals surface area contributed by atoms with Crippen molar-refractivity contribution in [2.75, 3.05) is 6.61 Å². The van der Waals surface area contributed by atoms with Crippen LogP contribution >= 0.6 is 0 Å². The number of hydrogen-bond donors (Lipinski definition) is 0. The third kappa shape index (κ3) is 3.01. The summed E-state index contributed by atoms with van der Waals surface area (Å²) in [5.74, 6) is -0.315. The van der Waals surface area contributed by atoms with Crippen molar-refractivity contribution in [1.29, 1.82) is 0 Å². The van der Waals surface area contributed by atoms with Crippen molar-refractivity contribution in [2.45, 2.75) is 52.4 Å². The molecule has 0 N–H and O–H groups in total. The number of hydrogen-bond acceptors (Lipinski definition) is 4. The first-order valence-corrected chi connectivity index (χ1v) is 8.52. The van der Waals surface area contributed by atoms with Crippen LogP contribution in [0.4, 0.5) is 4.79 Å². The van der Waals surface area contributed by atoms with Gasteiger partial charge in [-0.2, -0.15) is 0 Å². The predicted molar refractivity (Wildman–Crippen MR) is 91.7 cm³/mol. The number of nitrogens with zero attached hydrogens (tertiary/aromatic N) is 2. The first-order chi connectivity index (χ1) is 11.7. The van der Waals surface area contributed by atoms with E-state index in [0.29, 0.717) is 6.54 Å². The van der Waals surface area contributed by atoms with Gasteiger partial charge in [0.2, 0.25) is 5.91 Å². The fraction of sp³-hybridized carbons (Fsp3) is 0.526. The maximum Gasteiger partial charge on any atom is 0.411 e. The van der Waals surface area contributed by atoms with Crippen LogP contribution in [0.2, 0.25) is 0 Å². The predicted octanol–water partition coefficient (Wildman–Crippen LogP) is 2.22. The average Bonchev–Trinajstić information content (AvgIpc) is 2.92. The second kappa shape index (κ2) is 6.17. The number of rotatable bonds is 4. The highest BCUT2D eigenvalue weighted by atomic mass is 16.6. The molecule has 0 aliphatic carbocycles. The summed E-state index contributed by atoms with van der Waals surface area (Å²) in [4.78, 5) is 40.3. The molecular formula is C19H24N2O4. The lowest BCUT2D eigenvalue weighted by atomic mass is 9.82. The number of Topliss-reactive ketones (excluding diaryl/α,β-unsaturated/α-hetero) is 1. The van der Waals surface area contributed by atoms with Gasteiger partial charge in [-0.05, 0) is 17.9 Å². The van der Waals surface area contributed by atoms with Crippen LogP contribution in [0.5, 0.6) is 0 Å². The van der Waals surface area contributed by atoms with Gasteiger partial charge in [0, 0.05) is 6.54 Å². The summed E-state index contributed by atoms with van der Waals surface area (Å²) in [5, 5.41) is 0. The Balaban J connectivity index is 1.86. The molecular weight excluding hydrogens is 320 g/mol. The van der Waals surface area contributed by atoms with E-state index >= 15 is 0 Å². The molecule has 2 heterocycles. The van der Waals surface area contributed by atoms with Crippen molar-refractivity contribution in [3.8, 4) is 0 Å². The molecule has 2 amide bonds. The number of carbonyl (C=O) groups is 3. The molecule has 2 aliphatic heterocycles. The summed E-state index contributed by atoms with van der Waals surface area (Å²) in [5.41, 5.74) is 0.713.